The van der Waals surface area contributed by atoms with Crippen molar-refractivity contribution in [1.29, 1.82) is 0 Å². The molecule has 125 heavy (non-hydrogen) atoms. The lowest BCUT2D eigenvalue weighted by Gasteiger charge is -2.34. The van der Waals surface area contributed by atoms with Crippen LogP contribution in [0.4, 0.5) is 0 Å². The second-order valence-corrected chi connectivity index (χ2v) is 27.2. The summed E-state index contributed by atoms with van der Waals surface area (Å²) >= 11 is 0. The van der Waals surface area contributed by atoms with Gasteiger partial charge in [0.05, 0.1) is 46.2 Å². The third-order valence-corrected chi connectivity index (χ3v) is 17.2. The van der Waals surface area contributed by atoms with Crippen LogP contribution >= 0.6 is 0 Å². The molecule has 30 nitrogen and oxygen atoms in total. The molecule has 0 bridgehead atoms. The molecule has 9 amide bonds. The summed E-state index contributed by atoms with van der Waals surface area (Å²) in [6.07, 6.45) is 34.6. The molecule has 0 aliphatic carbocycles. The van der Waals surface area contributed by atoms with Gasteiger partial charge >= 0.3 is 0 Å². The molecular formula is C95H145N9O21. The normalized spacial score (nSPS) is 10.0. The first-order valence-corrected chi connectivity index (χ1v) is 41.9. The average molecular weight is 1750 g/mol. The van der Waals surface area contributed by atoms with Crippen LogP contribution in [0.25, 0.3) is 0 Å². The maximum Gasteiger partial charge on any atom is 0.246 e. The minimum Gasteiger partial charge on any atom is -0.379 e. The van der Waals surface area contributed by atoms with E-state index in [0.717, 1.165) is 88.2 Å². The minimum absolute atomic E-state index is 0.0107. The molecule has 696 valence electrons. The maximum absolute atomic E-state index is 12.2. The molecule has 0 heterocycles. The molecule has 0 aromatic rings. The zero-order chi connectivity index (χ0) is 95.0. The number of rotatable bonds is 79. The van der Waals surface area contributed by atoms with Crippen LogP contribution in [-0.4, -0.2) is 271 Å². The highest BCUT2D eigenvalue weighted by atomic mass is 16.5. The van der Waals surface area contributed by atoms with Gasteiger partial charge in [-0.1, -0.05) is 123 Å². The maximum atomic E-state index is 12.2. The highest BCUT2D eigenvalue weighted by Crippen LogP contribution is 2.14. The molecule has 0 aromatic carbocycles. The number of carbonyl (C=O) groups is 15. The molecule has 0 fully saturated rings. The van der Waals surface area contributed by atoms with Crippen LogP contribution in [-0.2, 0) is 100 Å². The number of hydrogen-bond donors (Lipinski definition) is 5. The van der Waals surface area contributed by atoms with Gasteiger partial charge in [-0.25, -0.2) is 0 Å². The van der Waals surface area contributed by atoms with E-state index in [1.807, 2.05) is 0 Å². The lowest BCUT2D eigenvalue weighted by molar-refractivity contribution is -0.130. The second-order valence-electron chi connectivity index (χ2n) is 27.2. The molecular weight excluding hydrogens is 1600 g/mol. The van der Waals surface area contributed by atoms with E-state index in [-0.39, 0.29) is 128 Å². The number of nitrogens with zero attached hydrogens (tertiary/aromatic N) is 4. The Balaban J connectivity index is -0.000000489. The first kappa shape index (κ1) is 122. The number of allylic oxidation sites excluding steroid dienone is 8. The van der Waals surface area contributed by atoms with E-state index >= 15 is 0 Å². The van der Waals surface area contributed by atoms with Crippen LogP contribution < -0.4 is 26.6 Å². The smallest absolute Gasteiger partial charge is 0.246 e. The number of ketones is 6. The molecule has 0 aliphatic heterocycles. The highest BCUT2D eigenvalue weighted by molar-refractivity contribution is 5.93. The zero-order valence-corrected chi connectivity index (χ0v) is 74.4. The summed E-state index contributed by atoms with van der Waals surface area (Å²) in [5.41, 5.74) is 0.115. The SMILES string of the molecule is C=CC(=C)CCCCOCCOCCOCCCCC(=O)C=C.C=CC(=O)CCCCN(CCCCC(=O)C=C)C(=O)C=C.C=CC(=O)CCCCOCC(COCCCCC(=O)C=C)(COCCCNC(=O)C=C)NC(=O)C=C.C=CC(=O)CCCN(CCN(CCNC(=O)C=C)C(=O)C=C)C(=O)C=C.C=CC(=O)NCCN(CCNC(=O)C=C)C(=O)C=C. The van der Waals surface area contributed by atoms with Gasteiger partial charge in [-0.05, 0) is 187 Å². The molecule has 0 saturated carbocycles. The first-order chi connectivity index (χ1) is 60.0. The number of amides is 9. The minimum atomic E-state index is -0.969. The van der Waals surface area contributed by atoms with Crippen molar-refractivity contribution in [3.05, 3.63) is 215 Å². The molecule has 0 saturated heterocycles. The molecule has 0 spiro atoms. The van der Waals surface area contributed by atoms with E-state index in [1.165, 1.54) is 87.6 Å². The molecule has 0 rings (SSSR count). The number of hydrogen-bond acceptors (Lipinski definition) is 21. The topological polar surface area (TPSA) is 385 Å². The molecule has 5 N–H and O–H groups in total. The van der Waals surface area contributed by atoms with E-state index in [1.54, 1.807) is 11.0 Å². The standard InChI is InChI=1S/C27H42N2O7.C19H27N3O4.C19H32O4.C17H25NO3.C13H19N3O3/c1-5-23(30)14-9-11-17-34-20-27(29-26(33)8-4,21-35-18-12-10-15-24(31)6-2)22-36-19-13-16-28-25(32)7-3;1-5-16(23)10-9-12-21(18(25)7-3)14-15-22(19(26)8-4)13-11-20-17(24)6-2;1-4-18(3)10-6-8-12-21-14-16-23-17-15-22-13-9-7-11-19(20)5-2;1-4-15(19)11-7-9-13-18(17(21)6-3)14-10-8-12-16(20)5-2;1-4-11(17)14-7-9-16(13(19)6-3)10-8-15-12(18)5-2/h5-8H,1-4,9-22H2,(H,28,32)(H,29,33);5-8H,1-4,9-15H2,(H,20,24);4-5H,1-3,6-17H2;4-6H,1-3,7-14H2;4-6H,1-3,7-10H2,(H,14,17)(H,15,18). The summed E-state index contributed by atoms with van der Waals surface area (Å²) in [5, 5.41) is 13.3. The predicted molar refractivity (Wildman–Crippen MR) is 493 cm³/mol. The van der Waals surface area contributed by atoms with E-state index < -0.39 is 11.4 Å². The van der Waals surface area contributed by atoms with Gasteiger partial charge in [-0.2, -0.15) is 0 Å². The van der Waals surface area contributed by atoms with Crippen LogP contribution in [0, 0.1) is 0 Å². The molecule has 0 aliphatic rings. The fraction of sp³-hybridized carbons (Fsp3) is 0.484. The Kier molecular flexibility index (Phi) is 85.5. The first-order valence-electron chi connectivity index (χ1n) is 41.9. The monoisotopic (exact) mass is 1750 g/mol. The summed E-state index contributed by atoms with van der Waals surface area (Å²) in [6.45, 7) is 68.6. The summed E-state index contributed by atoms with van der Waals surface area (Å²) in [4.78, 5) is 177. The van der Waals surface area contributed by atoms with Gasteiger partial charge in [0.15, 0.2) is 34.7 Å². The van der Waals surface area contributed by atoms with Crippen LogP contribution in [0.1, 0.15) is 135 Å². The predicted octanol–water partition coefficient (Wildman–Crippen LogP) is 9.80. The number of carbonyl (C=O) groups excluding carboxylic acids is 15. The van der Waals surface area contributed by atoms with E-state index in [9.17, 15) is 71.9 Å². The van der Waals surface area contributed by atoms with E-state index in [2.05, 4.69) is 138 Å². The van der Waals surface area contributed by atoms with Crippen molar-refractivity contribution >= 4 is 87.9 Å². The van der Waals surface area contributed by atoms with Crippen LogP contribution in [0.15, 0.2) is 215 Å². The van der Waals surface area contributed by atoms with E-state index in [0.29, 0.717) is 182 Å². The lowest BCUT2D eigenvalue weighted by atomic mass is 10.0. The summed E-state index contributed by atoms with van der Waals surface area (Å²) in [5.74, 6) is -2.48. The fourth-order valence-corrected chi connectivity index (χ4v) is 10.0. The van der Waals surface area contributed by atoms with Crippen molar-refractivity contribution in [2.45, 2.75) is 140 Å². The van der Waals surface area contributed by atoms with Crippen LogP contribution in [0.5, 0.6) is 0 Å². The second kappa shape index (κ2) is 87.5. The molecule has 0 aromatic heterocycles. The number of nitrogens with one attached hydrogen (secondary N) is 5. The van der Waals surface area contributed by atoms with Crippen molar-refractivity contribution < 1.29 is 100 Å². The van der Waals surface area contributed by atoms with Crippen molar-refractivity contribution in [3.63, 3.8) is 0 Å². The quantitative estimate of drug-likeness (QED) is 0.0215. The van der Waals surface area contributed by atoms with Crippen LogP contribution in [0.3, 0.4) is 0 Å². The van der Waals surface area contributed by atoms with Crippen molar-refractivity contribution in [1.82, 2.24) is 46.2 Å². The number of unbranched alkanes of at least 4 members (excludes halogenated alkanes) is 6. The Morgan fingerprint density at radius 3 is 0.760 bits per heavy atom. The van der Waals surface area contributed by atoms with Crippen molar-refractivity contribution in [2.75, 3.05) is 158 Å². The van der Waals surface area contributed by atoms with Gasteiger partial charge in [0.1, 0.15) is 5.54 Å². The molecule has 0 unspecified atom stereocenters. The Hall–Kier alpha value is -11.4. The van der Waals surface area contributed by atoms with Crippen LogP contribution in [0.2, 0.25) is 0 Å². The van der Waals surface area contributed by atoms with Crippen molar-refractivity contribution in [3.8, 4) is 0 Å². The number of ether oxygens (including phenoxy) is 6. The highest BCUT2D eigenvalue weighted by Gasteiger charge is 2.33. The van der Waals surface area contributed by atoms with Gasteiger partial charge in [-0.3, -0.25) is 71.9 Å². The summed E-state index contributed by atoms with van der Waals surface area (Å²) in [7, 11) is 0. The largest absolute Gasteiger partial charge is 0.379 e. The van der Waals surface area contributed by atoms with Crippen molar-refractivity contribution in [2.24, 2.45) is 0 Å². The summed E-state index contributed by atoms with van der Waals surface area (Å²) < 4.78 is 33.8. The third kappa shape index (κ3) is 78.3. The Labute approximate surface area is 743 Å². The van der Waals surface area contributed by atoms with Gasteiger partial charge in [0.25, 0.3) is 0 Å². The lowest BCUT2D eigenvalue weighted by Crippen LogP contribution is -2.58. The third-order valence-electron chi connectivity index (χ3n) is 17.2. The van der Waals surface area contributed by atoms with Gasteiger partial charge < -0.3 is 74.6 Å². The van der Waals surface area contributed by atoms with Gasteiger partial charge in [-0.15, -0.1) is 0 Å². The zero-order valence-electron chi connectivity index (χ0n) is 74.4. The fourth-order valence-electron chi connectivity index (χ4n) is 10.0. The Bertz CT molecular complexity index is 3200. The Morgan fingerprint density at radius 1 is 0.224 bits per heavy atom. The van der Waals surface area contributed by atoms with Gasteiger partial charge in [0.2, 0.25) is 53.2 Å². The molecule has 0 atom stereocenters. The van der Waals surface area contributed by atoms with E-state index in [4.69, 9.17) is 28.4 Å². The molecule has 30 heteroatoms. The Morgan fingerprint density at radius 2 is 0.464 bits per heavy atom. The van der Waals surface area contributed by atoms with Gasteiger partial charge in [0, 0.05) is 150 Å². The molecule has 0 radical (unpaired) electrons. The average Bonchev–Trinajstić information content (AvgIpc) is 0.856. The summed E-state index contributed by atoms with van der Waals surface area (Å²) in [6, 6.07) is 0.